The molecule has 0 saturated heterocycles. The third-order valence-electron chi connectivity index (χ3n) is 3.62. The van der Waals surface area contributed by atoms with Gasteiger partial charge in [-0.15, -0.1) is 5.10 Å². The lowest BCUT2D eigenvalue weighted by molar-refractivity contribution is 0.0967. The van der Waals surface area contributed by atoms with Crippen LogP contribution in [0.3, 0.4) is 0 Å². The Hall–Kier alpha value is -2.34. The average molecular weight is 371 g/mol. The number of tetrazole rings is 1. The first-order valence-corrected chi connectivity index (χ1v) is 7.96. The standard InChI is InChI=1S/C17H15BrN4O/c1-11-3-4-12(2)15(9-11)16(23)10-22-17(19-20-21-22)13-5-7-14(18)8-6-13/h3-9H,10H2,1-2H3. The van der Waals surface area contributed by atoms with E-state index < -0.39 is 0 Å². The van der Waals surface area contributed by atoms with Gasteiger partial charge in [0.15, 0.2) is 11.6 Å². The molecule has 23 heavy (non-hydrogen) atoms. The summed E-state index contributed by atoms with van der Waals surface area (Å²) in [6.07, 6.45) is 0. The van der Waals surface area contributed by atoms with Crippen LogP contribution in [0.2, 0.25) is 0 Å². The van der Waals surface area contributed by atoms with Crippen LogP contribution in [0.4, 0.5) is 0 Å². The number of ketones is 1. The maximum Gasteiger partial charge on any atom is 0.184 e. The van der Waals surface area contributed by atoms with Crippen molar-refractivity contribution in [1.82, 2.24) is 20.2 Å². The number of halogens is 1. The topological polar surface area (TPSA) is 60.7 Å². The van der Waals surface area contributed by atoms with Gasteiger partial charge in [0.2, 0.25) is 0 Å². The molecule has 1 heterocycles. The van der Waals surface area contributed by atoms with Gasteiger partial charge in [-0.05, 0) is 48.0 Å². The van der Waals surface area contributed by atoms with E-state index in [9.17, 15) is 4.79 Å². The highest BCUT2D eigenvalue weighted by atomic mass is 79.9. The van der Waals surface area contributed by atoms with Crippen LogP contribution < -0.4 is 0 Å². The van der Waals surface area contributed by atoms with Crippen LogP contribution >= 0.6 is 15.9 Å². The third kappa shape index (κ3) is 3.37. The third-order valence-corrected chi connectivity index (χ3v) is 4.15. The Kier molecular flexibility index (Phi) is 4.34. The predicted octanol–water partition coefficient (Wildman–Crippen LogP) is 3.60. The highest BCUT2D eigenvalue weighted by Gasteiger charge is 2.15. The van der Waals surface area contributed by atoms with Crippen molar-refractivity contribution in [2.45, 2.75) is 20.4 Å². The zero-order valence-corrected chi connectivity index (χ0v) is 14.4. The fourth-order valence-corrected chi connectivity index (χ4v) is 2.64. The zero-order chi connectivity index (χ0) is 16.4. The fraction of sp³-hybridized carbons (Fsp3) is 0.176. The number of carbonyl (C=O) groups excluding carboxylic acids is 1. The van der Waals surface area contributed by atoms with Gasteiger partial charge in [-0.25, -0.2) is 4.68 Å². The number of hydrogen-bond acceptors (Lipinski definition) is 4. The van der Waals surface area contributed by atoms with Crippen molar-refractivity contribution in [3.8, 4) is 11.4 Å². The second-order valence-corrected chi connectivity index (χ2v) is 6.32. The number of nitrogens with zero attached hydrogens (tertiary/aromatic N) is 4. The van der Waals surface area contributed by atoms with E-state index in [4.69, 9.17) is 0 Å². The Labute approximate surface area is 142 Å². The molecular weight excluding hydrogens is 356 g/mol. The summed E-state index contributed by atoms with van der Waals surface area (Å²) >= 11 is 3.40. The molecule has 3 rings (SSSR count). The molecule has 2 aromatic carbocycles. The molecule has 5 nitrogen and oxygen atoms in total. The van der Waals surface area contributed by atoms with Gasteiger partial charge < -0.3 is 0 Å². The number of hydrogen-bond donors (Lipinski definition) is 0. The highest BCUT2D eigenvalue weighted by Crippen LogP contribution is 2.20. The second kappa shape index (κ2) is 6.42. The highest BCUT2D eigenvalue weighted by molar-refractivity contribution is 9.10. The van der Waals surface area contributed by atoms with E-state index in [1.165, 1.54) is 4.68 Å². The quantitative estimate of drug-likeness (QED) is 0.658. The minimum Gasteiger partial charge on any atom is -0.292 e. The molecule has 0 radical (unpaired) electrons. The van der Waals surface area contributed by atoms with Crippen molar-refractivity contribution >= 4 is 21.7 Å². The summed E-state index contributed by atoms with van der Waals surface area (Å²) in [6.45, 7) is 4.02. The Morgan fingerprint density at radius 1 is 1.13 bits per heavy atom. The van der Waals surface area contributed by atoms with E-state index in [1.807, 2.05) is 56.3 Å². The lowest BCUT2D eigenvalue weighted by atomic mass is 10.0. The summed E-state index contributed by atoms with van der Waals surface area (Å²) < 4.78 is 2.51. The first kappa shape index (κ1) is 15.6. The lowest BCUT2D eigenvalue weighted by Crippen LogP contribution is -2.14. The second-order valence-electron chi connectivity index (χ2n) is 5.41. The Balaban J connectivity index is 1.89. The maximum atomic E-state index is 12.6. The molecule has 6 heteroatoms. The molecule has 0 N–H and O–H groups in total. The predicted molar refractivity (Wildman–Crippen MR) is 91.2 cm³/mol. The SMILES string of the molecule is Cc1ccc(C)c(C(=O)Cn2nnnc2-c2ccc(Br)cc2)c1. The molecule has 0 fully saturated rings. The average Bonchev–Trinajstić information content (AvgIpc) is 2.98. The molecule has 0 aliphatic carbocycles. The van der Waals surface area contributed by atoms with E-state index in [1.54, 1.807) is 0 Å². The summed E-state index contributed by atoms with van der Waals surface area (Å²) in [6, 6.07) is 13.5. The molecule has 0 bridgehead atoms. The number of carbonyl (C=O) groups is 1. The number of aryl methyl sites for hydroxylation is 2. The molecule has 0 saturated carbocycles. The number of Topliss-reactive ketones (excluding diaryl/α,β-unsaturated/α-hetero) is 1. The van der Waals surface area contributed by atoms with Gasteiger partial charge in [0, 0.05) is 15.6 Å². The lowest BCUT2D eigenvalue weighted by Gasteiger charge is -2.08. The Morgan fingerprint density at radius 2 is 1.87 bits per heavy atom. The van der Waals surface area contributed by atoms with Crippen LogP contribution in [0, 0.1) is 13.8 Å². The maximum absolute atomic E-state index is 12.6. The van der Waals surface area contributed by atoms with Crippen LogP contribution in [-0.2, 0) is 6.54 Å². The van der Waals surface area contributed by atoms with Gasteiger partial charge in [-0.1, -0.05) is 45.8 Å². The van der Waals surface area contributed by atoms with Crippen LogP contribution in [0.15, 0.2) is 46.9 Å². The van der Waals surface area contributed by atoms with Crippen molar-refractivity contribution in [3.63, 3.8) is 0 Å². The van der Waals surface area contributed by atoms with Gasteiger partial charge in [-0.3, -0.25) is 4.79 Å². The van der Waals surface area contributed by atoms with Gasteiger partial charge in [0.1, 0.15) is 6.54 Å². The van der Waals surface area contributed by atoms with Crippen molar-refractivity contribution < 1.29 is 4.79 Å². The normalized spacial score (nSPS) is 10.7. The minimum absolute atomic E-state index is 0.00291. The summed E-state index contributed by atoms with van der Waals surface area (Å²) in [5, 5.41) is 11.7. The molecule has 3 aromatic rings. The molecule has 0 unspecified atom stereocenters. The van der Waals surface area contributed by atoms with E-state index in [-0.39, 0.29) is 12.3 Å². The summed E-state index contributed by atoms with van der Waals surface area (Å²) in [5.41, 5.74) is 3.59. The first-order chi connectivity index (χ1) is 11.0. The Bertz CT molecular complexity index is 855. The van der Waals surface area contributed by atoms with Crippen LogP contribution in [-0.4, -0.2) is 26.0 Å². The van der Waals surface area contributed by atoms with E-state index in [2.05, 4.69) is 31.5 Å². The van der Waals surface area contributed by atoms with Crippen LogP contribution in [0.5, 0.6) is 0 Å². The van der Waals surface area contributed by atoms with Crippen LogP contribution in [0.25, 0.3) is 11.4 Å². The molecule has 0 aliphatic heterocycles. The smallest absolute Gasteiger partial charge is 0.184 e. The fourth-order valence-electron chi connectivity index (χ4n) is 2.37. The van der Waals surface area contributed by atoms with Crippen molar-refractivity contribution in [2.75, 3.05) is 0 Å². The first-order valence-electron chi connectivity index (χ1n) is 7.17. The largest absolute Gasteiger partial charge is 0.292 e. The van der Waals surface area contributed by atoms with E-state index >= 15 is 0 Å². The summed E-state index contributed by atoms with van der Waals surface area (Å²) in [4.78, 5) is 12.6. The molecule has 1 aromatic heterocycles. The van der Waals surface area contributed by atoms with Gasteiger partial charge >= 0.3 is 0 Å². The monoisotopic (exact) mass is 370 g/mol. The van der Waals surface area contributed by atoms with E-state index in [0.29, 0.717) is 11.4 Å². The molecule has 0 amide bonds. The van der Waals surface area contributed by atoms with Crippen molar-refractivity contribution in [3.05, 3.63) is 63.6 Å². The molecular formula is C17H15BrN4O. The van der Waals surface area contributed by atoms with Crippen LogP contribution in [0.1, 0.15) is 21.5 Å². The summed E-state index contributed by atoms with van der Waals surface area (Å²) in [5.74, 6) is 0.577. The molecule has 0 aliphatic rings. The summed E-state index contributed by atoms with van der Waals surface area (Å²) in [7, 11) is 0. The minimum atomic E-state index is -0.00291. The number of rotatable bonds is 4. The van der Waals surface area contributed by atoms with Crippen molar-refractivity contribution in [1.29, 1.82) is 0 Å². The van der Waals surface area contributed by atoms with Crippen molar-refractivity contribution in [2.24, 2.45) is 0 Å². The zero-order valence-electron chi connectivity index (χ0n) is 12.8. The van der Waals surface area contributed by atoms with Gasteiger partial charge in [0.05, 0.1) is 0 Å². The van der Waals surface area contributed by atoms with Gasteiger partial charge in [0.25, 0.3) is 0 Å². The van der Waals surface area contributed by atoms with Gasteiger partial charge in [-0.2, -0.15) is 0 Å². The Morgan fingerprint density at radius 3 is 2.61 bits per heavy atom. The molecule has 0 spiro atoms. The van der Waals surface area contributed by atoms with E-state index in [0.717, 1.165) is 21.2 Å². The number of aromatic nitrogens is 4. The molecule has 0 atom stereocenters. The number of benzene rings is 2. The molecule has 116 valence electrons.